The van der Waals surface area contributed by atoms with Crippen LogP contribution in [-0.2, 0) is 9.59 Å². The lowest BCUT2D eigenvalue weighted by Gasteiger charge is -2.51. The lowest BCUT2D eigenvalue weighted by Crippen LogP contribution is -2.64. The van der Waals surface area contributed by atoms with Crippen LogP contribution in [0, 0.1) is 0 Å². The standard InChI is InChI=1S/2C16H20N6O/c2*1-3-16-6-4-5-8-22(16)13-12(20(2)14(16)23)10-18-15(19-13)21-9-7-17-11-21/h2*7,9-11H,3-6,8H2,1-2H3/t2*16-/m10/s1. The Hall–Kier alpha value is -4.88. The summed E-state index contributed by atoms with van der Waals surface area (Å²) in [5.41, 5.74) is 0.649. The highest BCUT2D eigenvalue weighted by Crippen LogP contribution is 2.46. The van der Waals surface area contributed by atoms with Gasteiger partial charge in [-0.3, -0.25) is 18.7 Å². The fourth-order valence-corrected chi connectivity index (χ4v) is 7.60. The van der Waals surface area contributed by atoms with Gasteiger partial charge in [0.05, 0.1) is 12.4 Å². The smallest absolute Gasteiger partial charge is 0.252 e. The van der Waals surface area contributed by atoms with Crippen molar-refractivity contribution in [1.29, 1.82) is 0 Å². The molecule has 14 heteroatoms. The van der Waals surface area contributed by atoms with Gasteiger partial charge < -0.3 is 19.6 Å². The molecule has 4 aliphatic heterocycles. The molecule has 0 radical (unpaired) electrons. The van der Waals surface area contributed by atoms with Gasteiger partial charge in [0.25, 0.3) is 11.8 Å². The molecule has 240 valence electrons. The quantitative estimate of drug-likeness (QED) is 0.332. The van der Waals surface area contributed by atoms with Crippen molar-refractivity contribution in [3.05, 3.63) is 49.8 Å². The zero-order chi connectivity index (χ0) is 32.1. The monoisotopic (exact) mass is 624 g/mol. The van der Waals surface area contributed by atoms with E-state index in [0.29, 0.717) is 11.9 Å². The molecule has 0 N–H and O–H groups in total. The van der Waals surface area contributed by atoms with Crippen molar-refractivity contribution in [3.8, 4) is 11.9 Å². The first-order valence-corrected chi connectivity index (χ1v) is 16.2. The minimum Gasteiger partial charge on any atom is -0.340 e. The Morgan fingerprint density at radius 2 is 1.11 bits per heavy atom. The number of piperidine rings is 2. The number of fused-ring (bicyclic) bond motifs is 6. The fraction of sp³-hybridized carbons (Fsp3) is 0.500. The summed E-state index contributed by atoms with van der Waals surface area (Å²) in [6.07, 6.45) is 21.6. The molecule has 0 saturated carbocycles. The van der Waals surface area contributed by atoms with Gasteiger partial charge in [-0.2, -0.15) is 9.97 Å². The highest BCUT2D eigenvalue weighted by Gasteiger charge is 2.52. The average Bonchev–Trinajstić information content (AvgIpc) is 3.85. The molecule has 14 nitrogen and oxygen atoms in total. The topological polar surface area (TPSA) is 134 Å². The lowest BCUT2D eigenvalue weighted by molar-refractivity contribution is -0.125. The molecule has 46 heavy (non-hydrogen) atoms. The Balaban J connectivity index is 0.000000147. The number of rotatable bonds is 4. The average molecular weight is 625 g/mol. The van der Waals surface area contributed by atoms with E-state index in [0.717, 1.165) is 87.5 Å². The van der Waals surface area contributed by atoms with E-state index < -0.39 is 11.1 Å². The van der Waals surface area contributed by atoms with Crippen LogP contribution in [0.25, 0.3) is 11.9 Å². The third kappa shape index (κ3) is 4.44. The minimum atomic E-state index is -0.458. The Kier molecular flexibility index (Phi) is 7.44. The number of carbonyl (C=O) groups excluding carboxylic acids is 2. The first kappa shape index (κ1) is 29.8. The van der Waals surface area contributed by atoms with Crippen molar-refractivity contribution < 1.29 is 9.59 Å². The summed E-state index contributed by atoms with van der Waals surface area (Å²) in [7, 11) is 3.65. The molecule has 0 aliphatic carbocycles. The number of amides is 2. The molecule has 2 atom stereocenters. The number of hydrogen-bond donors (Lipinski definition) is 0. The second-order valence-corrected chi connectivity index (χ2v) is 12.4. The van der Waals surface area contributed by atoms with E-state index in [-0.39, 0.29) is 11.8 Å². The van der Waals surface area contributed by atoms with Crippen molar-refractivity contribution in [1.82, 2.24) is 39.0 Å². The molecular weight excluding hydrogens is 584 g/mol. The van der Waals surface area contributed by atoms with Crippen LogP contribution in [0.15, 0.2) is 49.8 Å². The zero-order valence-corrected chi connectivity index (χ0v) is 26.9. The summed E-state index contributed by atoms with van der Waals surface area (Å²) >= 11 is 0. The summed E-state index contributed by atoms with van der Waals surface area (Å²) in [5.74, 6) is 3.19. The number of carbonyl (C=O) groups is 2. The van der Waals surface area contributed by atoms with Crippen LogP contribution in [0.3, 0.4) is 0 Å². The molecule has 2 fully saturated rings. The van der Waals surface area contributed by atoms with Crippen LogP contribution >= 0.6 is 0 Å². The van der Waals surface area contributed by atoms with Crippen LogP contribution in [0.4, 0.5) is 23.0 Å². The number of aromatic nitrogens is 8. The van der Waals surface area contributed by atoms with Gasteiger partial charge in [0, 0.05) is 52.0 Å². The number of likely N-dealkylation sites (N-methyl/N-ethyl adjacent to an activating group) is 2. The predicted molar refractivity (Wildman–Crippen MR) is 174 cm³/mol. The van der Waals surface area contributed by atoms with E-state index in [1.54, 1.807) is 56.4 Å². The van der Waals surface area contributed by atoms with Crippen LogP contribution in [0.1, 0.15) is 65.2 Å². The highest BCUT2D eigenvalue weighted by atomic mass is 16.2. The number of anilines is 4. The van der Waals surface area contributed by atoms with E-state index >= 15 is 0 Å². The number of nitrogens with zero attached hydrogens (tertiary/aromatic N) is 12. The fourth-order valence-electron chi connectivity index (χ4n) is 7.60. The third-order valence-electron chi connectivity index (χ3n) is 10.2. The lowest BCUT2D eigenvalue weighted by atomic mass is 9.81. The summed E-state index contributed by atoms with van der Waals surface area (Å²) in [6, 6.07) is 0. The van der Waals surface area contributed by atoms with E-state index in [1.807, 2.05) is 26.5 Å². The SMILES string of the molecule is CC[C@@]12CCCCN1c1nc(-n3ccnc3)ncc1N(C)C2=O.CC[C@]12CCCCN1c1nc(-n3ccnc3)ncc1N(C)C2=O. The minimum absolute atomic E-state index is 0.159. The van der Waals surface area contributed by atoms with Crippen LogP contribution in [0.2, 0.25) is 0 Å². The van der Waals surface area contributed by atoms with Gasteiger partial charge in [0.1, 0.15) is 35.1 Å². The third-order valence-corrected chi connectivity index (χ3v) is 10.2. The van der Waals surface area contributed by atoms with Crippen LogP contribution in [-0.4, -0.2) is 89.1 Å². The van der Waals surface area contributed by atoms with E-state index in [1.165, 1.54) is 0 Å². The Bertz CT molecular complexity index is 1610. The highest BCUT2D eigenvalue weighted by molar-refractivity contribution is 6.08. The van der Waals surface area contributed by atoms with Gasteiger partial charge in [-0.05, 0) is 51.4 Å². The van der Waals surface area contributed by atoms with Crippen molar-refractivity contribution >= 4 is 34.8 Å². The van der Waals surface area contributed by atoms with E-state index in [4.69, 9.17) is 9.97 Å². The Morgan fingerprint density at radius 1 is 0.674 bits per heavy atom. The largest absolute Gasteiger partial charge is 0.340 e. The van der Waals surface area contributed by atoms with Crippen molar-refractivity contribution in [2.24, 2.45) is 0 Å². The van der Waals surface area contributed by atoms with Crippen molar-refractivity contribution in [3.63, 3.8) is 0 Å². The van der Waals surface area contributed by atoms with Gasteiger partial charge in [-0.1, -0.05) is 13.8 Å². The Morgan fingerprint density at radius 3 is 1.48 bits per heavy atom. The van der Waals surface area contributed by atoms with Crippen LogP contribution in [0.5, 0.6) is 0 Å². The van der Waals surface area contributed by atoms with Gasteiger partial charge >= 0.3 is 0 Å². The first-order chi connectivity index (χ1) is 22.3. The summed E-state index contributed by atoms with van der Waals surface area (Å²) in [4.78, 5) is 60.3. The van der Waals surface area contributed by atoms with Crippen molar-refractivity contribution in [2.45, 2.75) is 76.3 Å². The van der Waals surface area contributed by atoms with E-state index in [9.17, 15) is 9.59 Å². The molecule has 2 amide bonds. The van der Waals surface area contributed by atoms with Crippen molar-refractivity contribution in [2.75, 3.05) is 46.8 Å². The van der Waals surface area contributed by atoms with Gasteiger partial charge in [-0.15, -0.1) is 0 Å². The maximum atomic E-state index is 13.0. The van der Waals surface area contributed by atoms with Gasteiger partial charge in [0.2, 0.25) is 11.9 Å². The summed E-state index contributed by atoms with van der Waals surface area (Å²) < 4.78 is 3.57. The van der Waals surface area contributed by atoms with Gasteiger partial charge in [0.15, 0.2) is 11.6 Å². The molecule has 4 aliphatic rings. The summed E-state index contributed by atoms with van der Waals surface area (Å²) in [6.45, 7) is 5.90. The molecule has 0 aromatic carbocycles. The number of imidazole rings is 2. The maximum Gasteiger partial charge on any atom is 0.252 e. The molecule has 2 saturated heterocycles. The first-order valence-electron chi connectivity index (χ1n) is 16.2. The van der Waals surface area contributed by atoms with E-state index in [2.05, 4.69) is 43.6 Å². The molecule has 8 heterocycles. The molecular formula is C32H40N12O2. The molecule has 4 aromatic heterocycles. The molecule has 0 bridgehead atoms. The molecule has 0 unspecified atom stereocenters. The Labute approximate surface area is 268 Å². The summed E-state index contributed by atoms with van der Waals surface area (Å²) in [5, 5.41) is 0. The predicted octanol–water partition coefficient (Wildman–Crippen LogP) is 3.56. The normalized spacial score (nSPS) is 23.7. The second-order valence-electron chi connectivity index (χ2n) is 12.4. The van der Waals surface area contributed by atoms with Crippen LogP contribution < -0.4 is 19.6 Å². The molecule has 4 aromatic rings. The van der Waals surface area contributed by atoms with Gasteiger partial charge in [-0.25, -0.2) is 19.9 Å². The zero-order valence-electron chi connectivity index (χ0n) is 26.9. The number of hydrogen-bond acceptors (Lipinski definition) is 10. The molecule has 0 spiro atoms. The molecule has 8 rings (SSSR count). The maximum absolute atomic E-state index is 13.0. The second kappa shape index (κ2) is 11.5.